The van der Waals surface area contributed by atoms with E-state index in [-0.39, 0.29) is 5.82 Å². The third kappa shape index (κ3) is 4.31. The Labute approximate surface area is 107 Å². The van der Waals surface area contributed by atoms with E-state index in [1.54, 1.807) is 6.07 Å². The van der Waals surface area contributed by atoms with Gasteiger partial charge in [0.15, 0.2) is 0 Å². The molecule has 0 fully saturated rings. The average Bonchev–Trinajstić information content (AvgIpc) is 2.20. The normalized spacial score (nSPS) is 13.1. The smallest absolute Gasteiger partial charge is 0.124 e. The molecule has 0 aliphatic carbocycles. The summed E-state index contributed by atoms with van der Waals surface area (Å²) in [6.07, 6.45) is 1.89. The molecule has 0 aromatic heterocycles. The van der Waals surface area contributed by atoms with Crippen LogP contribution in [0.4, 0.5) is 4.39 Å². The highest BCUT2D eigenvalue weighted by atomic mass is 35.5. The van der Waals surface area contributed by atoms with Crippen LogP contribution in [0.1, 0.15) is 25.8 Å². The number of halogens is 3. The van der Waals surface area contributed by atoms with Gasteiger partial charge in [0.2, 0.25) is 0 Å². The Hall–Kier alpha value is -0.270. The van der Waals surface area contributed by atoms with Crippen LogP contribution in [0.2, 0.25) is 5.02 Å². The minimum Gasteiger partial charge on any atom is -0.207 e. The number of alkyl halides is 1. The molecule has 0 aliphatic heterocycles. The van der Waals surface area contributed by atoms with Gasteiger partial charge >= 0.3 is 0 Å². The summed E-state index contributed by atoms with van der Waals surface area (Å²) in [7, 11) is 0. The highest BCUT2D eigenvalue weighted by molar-refractivity contribution is 6.31. The third-order valence-corrected chi connectivity index (χ3v) is 3.33. The molecule has 1 atom stereocenters. The van der Waals surface area contributed by atoms with E-state index in [0.29, 0.717) is 22.7 Å². The van der Waals surface area contributed by atoms with Crippen molar-refractivity contribution >= 4 is 23.2 Å². The molecule has 1 rings (SSSR count). The first kappa shape index (κ1) is 13.8. The molecule has 0 saturated carbocycles. The molecular weight excluding hydrogens is 246 g/mol. The first-order valence-electron chi connectivity index (χ1n) is 5.52. The third-order valence-electron chi connectivity index (χ3n) is 2.55. The molecule has 0 N–H and O–H groups in total. The number of hydrogen-bond donors (Lipinski definition) is 0. The molecule has 0 saturated heterocycles. The monoisotopic (exact) mass is 262 g/mol. The first-order chi connectivity index (χ1) is 7.52. The van der Waals surface area contributed by atoms with Crippen molar-refractivity contribution in [3.8, 4) is 0 Å². The summed E-state index contributed by atoms with van der Waals surface area (Å²) in [5.41, 5.74) is 0.981. The molecule has 1 aromatic rings. The molecule has 0 radical (unpaired) electrons. The maximum Gasteiger partial charge on any atom is 0.124 e. The highest BCUT2D eigenvalue weighted by Crippen LogP contribution is 2.24. The van der Waals surface area contributed by atoms with Gasteiger partial charge < -0.3 is 0 Å². The van der Waals surface area contributed by atoms with Crippen LogP contribution in [0.15, 0.2) is 18.2 Å². The Morgan fingerprint density at radius 2 is 2.00 bits per heavy atom. The van der Waals surface area contributed by atoms with Gasteiger partial charge in [-0.1, -0.05) is 31.5 Å². The average molecular weight is 263 g/mol. The van der Waals surface area contributed by atoms with E-state index in [1.165, 1.54) is 12.1 Å². The van der Waals surface area contributed by atoms with Crippen LogP contribution in [-0.2, 0) is 6.42 Å². The van der Waals surface area contributed by atoms with Gasteiger partial charge in [-0.2, -0.15) is 0 Å². The second kappa shape index (κ2) is 6.46. The predicted molar refractivity (Wildman–Crippen MR) is 68.8 cm³/mol. The summed E-state index contributed by atoms with van der Waals surface area (Å²) in [6.45, 7) is 4.34. The predicted octanol–water partition coefficient (Wildman–Crippen LogP) is 4.92. The Kier molecular flexibility index (Phi) is 5.57. The van der Waals surface area contributed by atoms with Gasteiger partial charge in [-0.3, -0.25) is 0 Å². The van der Waals surface area contributed by atoms with Crippen molar-refractivity contribution < 1.29 is 4.39 Å². The summed E-state index contributed by atoms with van der Waals surface area (Å²) < 4.78 is 12.9. The van der Waals surface area contributed by atoms with Crippen molar-refractivity contribution in [3.63, 3.8) is 0 Å². The number of benzene rings is 1. The highest BCUT2D eigenvalue weighted by Gasteiger charge is 2.13. The van der Waals surface area contributed by atoms with Crippen LogP contribution in [0.5, 0.6) is 0 Å². The van der Waals surface area contributed by atoms with Crippen LogP contribution in [0.3, 0.4) is 0 Å². The lowest BCUT2D eigenvalue weighted by atomic mass is 9.92. The zero-order valence-corrected chi connectivity index (χ0v) is 11.2. The largest absolute Gasteiger partial charge is 0.207 e. The van der Waals surface area contributed by atoms with Gasteiger partial charge in [-0.05, 0) is 42.4 Å². The Morgan fingerprint density at radius 3 is 2.50 bits per heavy atom. The maximum absolute atomic E-state index is 12.9. The first-order valence-corrected chi connectivity index (χ1v) is 6.44. The van der Waals surface area contributed by atoms with Crippen LogP contribution >= 0.6 is 23.2 Å². The van der Waals surface area contributed by atoms with Gasteiger partial charge in [-0.15, -0.1) is 11.6 Å². The van der Waals surface area contributed by atoms with Crippen LogP contribution in [-0.4, -0.2) is 5.88 Å². The summed E-state index contributed by atoms with van der Waals surface area (Å²) in [5.74, 6) is 1.35. The second-order valence-electron chi connectivity index (χ2n) is 4.59. The molecule has 16 heavy (non-hydrogen) atoms. The Morgan fingerprint density at radius 1 is 1.31 bits per heavy atom. The van der Waals surface area contributed by atoms with E-state index in [0.717, 1.165) is 18.4 Å². The summed E-state index contributed by atoms with van der Waals surface area (Å²) in [6, 6.07) is 4.55. The minimum absolute atomic E-state index is 0.292. The van der Waals surface area contributed by atoms with E-state index in [9.17, 15) is 4.39 Å². The van der Waals surface area contributed by atoms with Crippen molar-refractivity contribution in [2.24, 2.45) is 11.8 Å². The van der Waals surface area contributed by atoms with Gasteiger partial charge in [0.1, 0.15) is 5.82 Å². The van der Waals surface area contributed by atoms with Crippen molar-refractivity contribution in [2.75, 3.05) is 5.88 Å². The van der Waals surface area contributed by atoms with E-state index >= 15 is 0 Å². The van der Waals surface area contributed by atoms with E-state index < -0.39 is 0 Å². The topological polar surface area (TPSA) is 0 Å². The SMILES string of the molecule is CC(C)CC(CCl)Cc1ccc(F)cc1Cl. The zero-order chi connectivity index (χ0) is 12.1. The molecule has 0 bridgehead atoms. The quantitative estimate of drug-likeness (QED) is 0.661. The molecule has 0 heterocycles. The maximum atomic E-state index is 12.9. The Balaban J connectivity index is 2.70. The van der Waals surface area contributed by atoms with Crippen molar-refractivity contribution in [3.05, 3.63) is 34.6 Å². The summed E-state index contributed by atoms with van der Waals surface area (Å²) >= 11 is 11.9. The van der Waals surface area contributed by atoms with Gasteiger partial charge in [0.05, 0.1) is 0 Å². The fraction of sp³-hybridized carbons (Fsp3) is 0.538. The van der Waals surface area contributed by atoms with E-state index in [1.807, 2.05) is 0 Å². The van der Waals surface area contributed by atoms with Crippen LogP contribution in [0.25, 0.3) is 0 Å². The lowest BCUT2D eigenvalue weighted by Gasteiger charge is -2.16. The van der Waals surface area contributed by atoms with Crippen LogP contribution < -0.4 is 0 Å². The van der Waals surface area contributed by atoms with Gasteiger partial charge in [0.25, 0.3) is 0 Å². The minimum atomic E-state index is -0.292. The molecule has 0 nitrogen and oxygen atoms in total. The number of hydrogen-bond acceptors (Lipinski definition) is 0. The Bertz CT molecular complexity index is 337. The molecule has 0 aliphatic rings. The second-order valence-corrected chi connectivity index (χ2v) is 5.31. The molecule has 0 amide bonds. The lowest BCUT2D eigenvalue weighted by Crippen LogP contribution is -2.10. The molecule has 0 spiro atoms. The molecule has 1 unspecified atom stereocenters. The van der Waals surface area contributed by atoms with Crippen molar-refractivity contribution in [2.45, 2.75) is 26.7 Å². The van der Waals surface area contributed by atoms with Crippen molar-refractivity contribution in [1.29, 1.82) is 0 Å². The van der Waals surface area contributed by atoms with E-state index in [2.05, 4.69) is 13.8 Å². The van der Waals surface area contributed by atoms with Gasteiger partial charge in [-0.25, -0.2) is 4.39 Å². The molecular formula is C13H17Cl2F. The fourth-order valence-electron chi connectivity index (χ4n) is 1.87. The van der Waals surface area contributed by atoms with Crippen molar-refractivity contribution in [1.82, 2.24) is 0 Å². The van der Waals surface area contributed by atoms with E-state index in [4.69, 9.17) is 23.2 Å². The summed E-state index contributed by atoms with van der Waals surface area (Å²) in [5, 5.41) is 0.499. The fourth-order valence-corrected chi connectivity index (χ4v) is 2.35. The van der Waals surface area contributed by atoms with Gasteiger partial charge in [0, 0.05) is 10.9 Å². The standard InChI is InChI=1S/C13H17Cl2F/c1-9(2)5-10(8-14)6-11-3-4-12(16)7-13(11)15/h3-4,7,9-10H,5-6,8H2,1-2H3. The summed E-state index contributed by atoms with van der Waals surface area (Å²) in [4.78, 5) is 0. The molecule has 3 heteroatoms. The zero-order valence-electron chi connectivity index (χ0n) is 9.64. The molecule has 90 valence electrons. The van der Waals surface area contributed by atoms with Crippen LogP contribution in [0, 0.1) is 17.7 Å². The lowest BCUT2D eigenvalue weighted by molar-refractivity contribution is 0.441. The molecule has 1 aromatic carbocycles. The number of rotatable bonds is 5.